The Morgan fingerprint density at radius 2 is 1.94 bits per heavy atom. The zero-order valence-corrected chi connectivity index (χ0v) is 19.5. The van der Waals surface area contributed by atoms with Crippen molar-refractivity contribution < 1.29 is 14.3 Å². The summed E-state index contributed by atoms with van der Waals surface area (Å²) in [7, 11) is 0. The van der Waals surface area contributed by atoms with Crippen LogP contribution in [-0.2, 0) is 10.2 Å². The van der Waals surface area contributed by atoms with Crippen LogP contribution in [0.3, 0.4) is 0 Å². The molecule has 4 heterocycles. The Kier molecular flexibility index (Phi) is 7.18. The minimum absolute atomic E-state index is 0.0108. The van der Waals surface area contributed by atoms with E-state index in [4.69, 9.17) is 4.74 Å². The Morgan fingerprint density at radius 3 is 2.62 bits per heavy atom. The van der Waals surface area contributed by atoms with Gasteiger partial charge in [-0.05, 0) is 64.1 Å². The van der Waals surface area contributed by atoms with Gasteiger partial charge in [-0.2, -0.15) is 0 Å². The quantitative estimate of drug-likeness (QED) is 0.756. The van der Waals surface area contributed by atoms with Gasteiger partial charge < -0.3 is 19.9 Å². The molecule has 8 nitrogen and oxygen atoms in total. The topological polar surface area (TPSA) is 78.0 Å². The van der Waals surface area contributed by atoms with Crippen LogP contribution in [0.2, 0.25) is 0 Å². The van der Waals surface area contributed by atoms with E-state index in [1.54, 1.807) is 6.20 Å². The SMILES string of the molecule is CCCNC(=O)N1CC2(CCN(CC3CCN(C(=O)OCC)CC3)CC2)c2cccnc21. The van der Waals surface area contributed by atoms with Gasteiger partial charge in [-0.3, -0.25) is 4.90 Å². The number of amides is 3. The van der Waals surface area contributed by atoms with E-state index in [0.29, 0.717) is 19.1 Å². The number of nitrogens with zero attached hydrogens (tertiary/aromatic N) is 4. The van der Waals surface area contributed by atoms with Gasteiger partial charge >= 0.3 is 12.1 Å². The number of anilines is 1. The first-order valence-corrected chi connectivity index (χ1v) is 12.2. The lowest BCUT2D eigenvalue weighted by molar-refractivity contribution is 0.0798. The zero-order chi connectivity index (χ0) is 22.6. The summed E-state index contributed by atoms with van der Waals surface area (Å²) in [4.78, 5) is 35.5. The summed E-state index contributed by atoms with van der Waals surface area (Å²) in [5, 5.41) is 3.02. The Hall–Kier alpha value is -2.35. The summed E-state index contributed by atoms with van der Waals surface area (Å²) in [6.45, 7) is 10.5. The summed E-state index contributed by atoms with van der Waals surface area (Å²) in [5.74, 6) is 1.46. The van der Waals surface area contributed by atoms with Crippen LogP contribution in [-0.4, -0.2) is 79.3 Å². The number of carbonyl (C=O) groups is 2. The molecule has 3 aliphatic heterocycles. The Balaban J connectivity index is 1.32. The van der Waals surface area contributed by atoms with Crippen molar-refractivity contribution in [3.63, 3.8) is 0 Å². The predicted molar refractivity (Wildman–Crippen MR) is 124 cm³/mol. The molecule has 0 saturated carbocycles. The standard InChI is InChI=1S/C24H37N5O3/c1-3-11-26-22(30)29-18-24(20-6-5-12-25-21(20)29)9-15-27(16-10-24)17-19-7-13-28(14-8-19)23(31)32-4-2/h5-6,12,19H,3-4,7-11,13-18H2,1-2H3,(H,26,30). The molecule has 0 radical (unpaired) electrons. The summed E-state index contributed by atoms with van der Waals surface area (Å²) in [5.41, 5.74) is 1.24. The molecular formula is C24H37N5O3. The van der Waals surface area contributed by atoms with Crippen molar-refractivity contribution in [2.75, 3.05) is 57.3 Å². The number of hydrogen-bond acceptors (Lipinski definition) is 5. The average Bonchev–Trinajstić information content (AvgIpc) is 3.14. The first kappa shape index (κ1) is 22.8. The molecule has 3 amide bonds. The number of nitrogens with one attached hydrogen (secondary N) is 1. The summed E-state index contributed by atoms with van der Waals surface area (Å²) in [6.07, 6.45) is 6.71. The Morgan fingerprint density at radius 1 is 1.19 bits per heavy atom. The number of carbonyl (C=O) groups excluding carboxylic acids is 2. The van der Waals surface area contributed by atoms with E-state index in [1.807, 2.05) is 22.8 Å². The lowest BCUT2D eigenvalue weighted by Crippen LogP contribution is -2.49. The lowest BCUT2D eigenvalue weighted by atomic mass is 9.74. The molecule has 4 rings (SSSR count). The van der Waals surface area contributed by atoms with Crippen LogP contribution < -0.4 is 10.2 Å². The van der Waals surface area contributed by atoms with Crippen LogP contribution >= 0.6 is 0 Å². The summed E-state index contributed by atoms with van der Waals surface area (Å²) < 4.78 is 5.13. The second-order valence-electron chi connectivity index (χ2n) is 9.40. The maximum atomic E-state index is 12.8. The van der Waals surface area contributed by atoms with Crippen molar-refractivity contribution in [1.82, 2.24) is 20.1 Å². The maximum Gasteiger partial charge on any atom is 0.409 e. The van der Waals surface area contributed by atoms with Crippen molar-refractivity contribution >= 4 is 17.9 Å². The first-order valence-electron chi connectivity index (χ1n) is 12.2. The second-order valence-corrected chi connectivity index (χ2v) is 9.40. The van der Waals surface area contributed by atoms with Crippen molar-refractivity contribution in [1.29, 1.82) is 0 Å². The molecule has 3 aliphatic rings. The fraction of sp³-hybridized carbons (Fsp3) is 0.708. The van der Waals surface area contributed by atoms with Crippen LogP contribution in [0, 0.1) is 5.92 Å². The van der Waals surface area contributed by atoms with Gasteiger partial charge in [-0.1, -0.05) is 13.0 Å². The number of urea groups is 1. The molecule has 1 N–H and O–H groups in total. The van der Waals surface area contributed by atoms with Crippen molar-refractivity contribution in [2.45, 2.75) is 51.4 Å². The van der Waals surface area contributed by atoms with Gasteiger partial charge in [-0.25, -0.2) is 14.6 Å². The van der Waals surface area contributed by atoms with Gasteiger partial charge in [0.25, 0.3) is 0 Å². The fourth-order valence-electron chi connectivity index (χ4n) is 5.45. The second kappa shape index (κ2) is 10.1. The van der Waals surface area contributed by atoms with E-state index in [1.165, 1.54) is 5.56 Å². The fourth-order valence-corrected chi connectivity index (χ4v) is 5.45. The molecule has 0 bridgehead atoms. The average molecular weight is 444 g/mol. The molecule has 2 saturated heterocycles. The molecular weight excluding hydrogens is 406 g/mol. The summed E-state index contributed by atoms with van der Waals surface area (Å²) >= 11 is 0. The highest BCUT2D eigenvalue weighted by atomic mass is 16.6. The number of aromatic nitrogens is 1. The predicted octanol–water partition coefficient (Wildman–Crippen LogP) is 3.22. The normalized spacial score (nSPS) is 20.9. The van der Waals surface area contributed by atoms with E-state index in [9.17, 15) is 9.59 Å². The first-order chi connectivity index (χ1) is 15.6. The van der Waals surface area contributed by atoms with E-state index in [-0.39, 0.29) is 17.5 Å². The number of likely N-dealkylation sites (tertiary alicyclic amines) is 2. The van der Waals surface area contributed by atoms with Gasteiger partial charge in [0, 0.05) is 49.9 Å². The third-order valence-electron chi connectivity index (χ3n) is 7.32. The Bertz CT molecular complexity index is 801. The maximum absolute atomic E-state index is 12.8. The number of pyridine rings is 1. The van der Waals surface area contributed by atoms with Gasteiger partial charge in [0.2, 0.25) is 0 Å². The highest BCUT2D eigenvalue weighted by molar-refractivity contribution is 5.93. The van der Waals surface area contributed by atoms with Gasteiger partial charge in [-0.15, -0.1) is 0 Å². The number of piperidine rings is 2. The molecule has 0 atom stereocenters. The largest absolute Gasteiger partial charge is 0.450 e. The molecule has 1 spiro atoms. The van der Waals surface area contributed by atoms with E-state index in [0.717, 1.165) is 77.2 Å². The number of hydrogen-bond donors (Lipinski definition) is 1. The van der Waals surface area contributed by atoms with E-state index in [2.05, 4.69) is 28.2 Å². The molecule has 8 heteroatoms. The smallest absolute Gasteiger partial charge is 0.409 e. The van der Waals surface area contributed by atoms with Crippen LogP contribution in [0.1, 0.15) is 51.5 Å². The van der Waals surface area contributed by atoms with Gasteiger partial charge in [0.15, 0.2) is 0 Å². The molecule has 1 aromatic rings. The number of ether oxygens (including phenoxy) is 1. The van der Waals surface area contributed by atoms with Crippen LogP contribution in [0.4, 0.5) is 15.4 Å². The number of rotatable bonds is 5. The zero-order valence-electron chi connectivity index (χ0n) is 19.5. The van der Waals surface area contributed by atoms with E-state index < -0.39 is 0 Å². The van der Waals surface area contributed by atoms with Crippen LogP contribution in [0.25, 0.3) is 0 Å². The van der Waals surface area contributed by atoms with Crippen LogP contribution in [0.15, 0.2) is 18.3 Å². The lowest BCUT2D eigenvalue weighted by Gasteiger charge is -2.41. The minimum Gasteiger partial charge on any atom is -0.450 e. The molecule has 176 valence electrons. The molecule has 1 aromatic heterocycles. The van der Waals surface area contributed by atoms with Gasteiger partial charge in [0.1, 0.15) is 5.82 Å². The monoisotopic (exact) mass is 443 g/mol. The van der Waals surface area contributed by atoms with Crippen molar-refractivity contribution in [2.24, 2.45) is 5.92 Å². The summed E-state index contributed by atoms with van der Waals surface area (Å²) in [6, 6.07) is 4.13. The molecule has 0 aromatic carbocycles. The Labute approximate surface area is 191 Å². The number of fused-ring (bicyclic) bond motifs is 2. The molecule has 32 heavy (non-hydrogen) atoms. The van der Waals surface area contributed by atoms with Crippen molar-refractivity contribution in [3.8, 4) is 0 Å². The third kappa shape index (κ3) is 4.70. The highest BCUT2D eigenvalue weighted by Crippen LogP contribution is 2.46. The van der Waals surface area contributed by atoms with E-state index >= 15 is 0 Å². The molecule has 2 fully saturated rings. The minimum atomic E-state index is -0.174. The molecule has 0 unspecified atom stereocenters. The third-order valence-corrected chi connectivity index (χ3v) is 7.32. The van der Waals surface area contributed by atoms with Crippen LogP contribution in [0.5, 0.6) is 0 Å². The van der Waals surface area contributed by atoms with Gasteiger partial charge in [0.05, 0.1) is 6.61 Å². The van der Waals surface area contributed by atoms with Crippen molar-refractivity contribution in [3.05, 3.63) is 23.9 Å². The molecule has 0 aliphatic carbocycles. The highest BCUT2D eigenvalue weighted by Gasteiger charge is 2.47.